The monoisotopic (exact) mass is 277 g/mol. The first kappa shape index (κ1) is 14.3. The minimum absolute atomic E-state index is 0.250. The van der Waals surface area contributed by atoms with Crippen LogP contribution >= 0.6 is 0 Å². The first-order chi connectivity index (χ1) is 9.41. The maximum atomic E-state index is 13.0. The van der Waals surface area contributed by atoms with Gasteiger partial charge >= 0.3 is 0 Å². The zero-order valence-electron chi connectivity index (χ0n) is 12.5. The van der Waals surface area contributed by atoms with Crippen molar-refractivity contribution in [3.05, 3.63) is 30.1 Å². The summed E-state index contributed by atoms with van der Waals surface area (Å²) in [4.78, 5) is 3.93. The molecule has 0 atom stereocenters. The molecule has 0 aliphatic rings. The van der Waals surface area contributed by atoms with Crippen LogP contribution in [0.15, 0.2) is 24.3 Å². The molecule has 108 valence electrons. The van der Waals surface area contributed by atoms with Crippen LogP contribution in [0.2, 0.25) is 0 Å². The molecule has 0 aliphatic heterocycles. The molecule has 2 aromatic rings. The Balaban J connectivity index is 2.32. The smallest absolute Gasteiger partial charge is 0.232 e. The Morgan fingerprint density at radius 2 is 1.60 bits per heavy atom. The summed E-state index contributed by atoms with van der Waals surface area (Å²) >= 11 is 0. The Kier molecular flexibility index (Phi) is 3.92. The summed E-state index contributed by atoms with van der Waals surface area (Å²) in [5.74, 6) is 1.25. The van der Waals surface area contributed by atoms with Crippen LogP contribution in [-0.2, 0) is 7.05 Å². The summed E-state index contributed by atoms with van der Waals surface area (Å²) in [5.41, 5.74) is 0.862. The predicted octanol–water partition coefficient (Wildman–Crippen LogP) is 2.57. The first-order valence-electron chi connectivity index (χ1n) is 6.53. The van der Waals surface area contributed by atoms with Crippen molar-refractivity contribution in [2.45, 2.75) is 19.9 Å². The van der Waals surface area contributed by atoms with Gasteiger partial charge in [0.15, 0.2) is 0 Å². The topological polar surface area (TPSA) is 37.2 Å². The summed E-state index contributed by atoms with van der Waals surface area (Å²) in [7, 11) is 5.79. The highest BCUT2D eigenvalue weighted by atomic mass is 19.1. The molecule has 6 heteroatoms. The molecule has 0 amide bonds. The predicted molar refractivity (Wildman–Crippen MR) is 79.0 cm³/mol. The zero-order chi connectivity index (χ0) is 14.9. The third kappa shape index (κ3) is 2.59. The van der Waals surface area contributed by atoms with Crippen LogP contribution in [0, 0.1) is 5.82 Å². The highest BCUT2D eigenvalue weighted by Gasteiger charge is 2.18. The standard InChI is InChI=1S/C14H20FN5/c1-10(2)18(3)13-16-17-14(20(13)5)19(4)12-8-6-11(15)7-9-12/h6-10H,1-5H3. The van der Waals surface area contributed by atoms with E-state index in [-0.39, 0.29) is 5.82 Å². The second kappa shape index (κ2) is 5.48. The lowest BCUT2D eigenvalue weighted by Gasteiger charge is -2.23. The summed E-state index contributed by atoms with van der Waals surface area (Å²) in [6.45, 7) is 4.19. The number of anilines is 3. The van der Waals surface area contributed by atoms with Crippen LogP contribution in [0.25, 0.3) is 0 Å². The molecule has 0 aliphatic carbocycles. The van der Waals surface area contributed by atoms with Gasteiger partial charge in [-0.15, -0.1) is 10.2 Å². The lowest BCUT2D eigenvalue weighted by Crippen LogP contribution is -2.28. The molecular formula is C14H20FN5. The van der Waals surface area contributed by atoms with Crippen molar-refractivity contribution < 1.29 is 4.39 Å². The van der Waals surface area contributed by atoms with Gasteiger partial charge in [-0.1, -0.05) is 0 Å². The average Bonchev–Trinajstić information content (AvgIpc) is 2.79. The van der Waals surface area contributed by atoms with E-state index in [0.717, 1.165) is 11.6 Å². The Morgan fingerprint density at radius 1 is 1.05 bits per heavy atom. The van der Waals surface area contributed by atoms with Crippen LogP contribution in [0.1, 0.15) is 13.8 Å². The van der Waals surface area contributed by atoms with Gasteiger partial charge in [0.1, 0.15) is 5.82 Å². The van der Waals surface area contributed by atoms with E-state index in [1.165, 1.54) is 12.1 Å². The first-order valence-corrected chi connectivity index (χ1v) is 6.53. The number of hydrogen-bond donors (Lipinski definition) is 0. The minimum atomic E-state index is -0.250. The summed E-state index contributed by atoms with van der Waals surface area (Å²) < 4.78 is 14.9. The third-order valence-electron chi connectivity index (χ3n) is 3.43. The normalized spacial score (nSPS) is 10.9. The van der Waals surface area contributed by atoms with Gasteiger partial charge in [-0.05, 0) is 38.1 Å². The van der Waals surface area contributed by atoms with Crippen molar-refractivity contribution in [3.63, 3.8) is 0 Å². The molecule has 20 heavy (non-hydrogen) atoms. The molecule has 0 fully saturated rings. The lowest BCUT2D eigenvalue weighted by atomic mass is 10.3. The number of rotatable bonds is 4. The van der Waals surface area contributed by atoms with Crippen LogP contribution in [-0.4, -0.2) is 34.9 Å². The largest absolute Gasteiger partial charge is 0.342 e. The van der Waals surface area contributed by atoms with Gasteiger partial charge < -0.3 is 9.80 Å². The fraction of sp³-hybridized carbons (Fsp3) is 0.429. The third-order valence-corrected chi connectivity index (χ3v) is 3.43. The van der Waals surface area contributed by atoms with Crippen LogP contribution < -0.4 is 9.80 Å². The molecule has 0 N–H and O–H groups in total. The van der Waals surface area contributed by atoms with Crippen LogP contribution in [0.5, 0.6) is 0 Å². The van der Waals surface area contributed by atoms with Gasteiger partial charge in [0.2, 0.25) is 11.9 Å². The van der Waals surface area contributed by atoms with Gasteiger partial charge in [0, 0.05) is 32.9 Å². The minimum Gasteiger partial charge on any atom is -0.342 e. The van der Waals surface area contributed by atoms with Crippen molar-refractivity contribution in [2.75, 3.05) is 23.9 Å². The van der Waals surface area contributed by atoms with Crippen molar-refractivity contribution >= 4 is 17.6 Å². The maximum absolute atomic E-state index is 13.0. The molecule has 1 aromatic carbocycles. The van der Waals surface area contributed by atoms with Gasteiger partial charge in [-0.3, -0.25) is 4.57 Å². The van der Waals surface area contributed by atoms with E-state index in [2.05, 4.69) is 28.9 Å². The molecule has 0 spiro atoms. The zero-order valence-corrected chi connectivity index (χ0v) is 12.5. The SMILES string of the molecule is CC(C)N(C)c1nnc(N(C)c2ccc(F)cc2)n1C. The summed E-state index contributed by atoms with van der Waals surface area (Å²) in [6.07, 6.45) is 0. The van der Waals surface area contributed by atoms with E-state index in [0.29, 0.717) is 12.0 Å². The molecule has 0 saturated heterocycles. The van der Waals surface area contributed by atoms with Crippen molar-refractivity contribution in [1.29, 1.82) is 0 Å². The maximum Gasteiger partial charge on any atom is 0.232 e. The van der Waals surface area contributed by atoms with E-state index in [1.54, 1.807) is 12.1 Å². The van der Waals surface area contributed by atoms with Crippen molar-refractivity contribution in [1.82, 2.24) is 14.8 Å². The molecule has 5 nitrogen and oxygen atoms in total. The summed E-state index contributed by atoms with van der Waals surface area (Å²) in [6, 6.07) is 6.64. The Hall–Kier alpha value is -2.11. The van der Waals surface area contributed by atoms with E-state index < -0.39 is 0 Å². The Labute approximate surface area is 118 Å². The molecule has 0 radical (unpaired) electrons. The fourth-order valence-corrected chi connectivity index (χ4v) is 1.92. The lowest BCUT2D eigenvalue weighted by molar-refractivity contribution is 0.628. The number of aromatic nitrogens is 3. The Bertz CT molecular complexity index is 576. The molecule has 1 heterocycles. The second-order valence-corrected chi connectivity index (χ2v) is 5.10. The second-order valence-electron chi connectivity index (χ2n) is 5.10. The van der Waals surface area contributed by atoms with Gasteiger partial charge in [0.05, 0.1) is 0 Å². The van der Waals surface area contributed by atoms with Gasteiger partial charge in [-0.25, -0.2) is 4.39 Å². The molecule has 2 rings (SSSR count). The highest BCUT2D eigenvalue weighted by Crippen LogP contribution is 2.24. The number of benzene rings is 1. The molecule has 1 aromatic heterocycles. The van der Waals surface area contributed by atoms with Crippen LogP contribution in [0.3, 0.4) is 0 Å². The quantitative estimate of drug-likeness (QED) is 0.860. The molecular weight excluding hydrogens is 257 g/mol. The van der Waals surface area contributed by atoms with E-state index in [4.69, 9.17) is 0 Å². The fourth-order valence-electron chi connectivity index (χ4n) is 1.92. The van der Waals surface area contributed by atoms with E-state index in [9.17, 15) is 4.39 Å². The van der Waals surface area contributed by atoms with Crippen molar-refractivity contribution in [2.24, 2.45) is 7.05 Å². The summed E-state index contributed by atoms with van der Waals surface area (Å²) in [5, 5.41) is 8.45. The highest BCUT2D eigenvalue weighted by molar-refractivity contribution is 5.57. The van der Waals surface area contributed by atoms with E-state index >= 15 is 0 Å². The number of nitrogens with zero attached hydrogens (tertiary/aromatic N) is 5. The van der Waals surface area contributed by atoms with Gasteiger partial charge in [0.25, 0.3) is 0 Å². The molecule has 0 bridgehead atoms. The average molecular weight is 277 g/mol. The Morgan fingerprint density at radius 3 is 2.15 bits per heavy atom. The molecule has 0 saturated carbocycles. The number of halogens is 1. The van der Waals surface area contributed by atoms with Crippen molar-refractivity contribution in [3.8, 4) is 0 Å². The van der Waals surface area contributed by atoms with Crippen LogP contribution in [0.4, 0.5) is 22.0 Å². The van der Waals surface area contributed by atoms with Gasteiger partial charge in [-0.2, -0.15) is 0 Å². The van der Waals surface area contributed by atoms with E-state index in [1.807, 2.05) is 30.6 Å². The molecule has 0 unspecified atom stereocenters. The number of hydrogen-bond acceptors (Lipinski definition) is 4.